The number of hydrogen-bond donors (Lipinski definition) is 1. The van der Waals surface area contributed by atoms with E-state index in [0.717, 1.165) is 0 Å². The van der Waals surface area contributed by atoms with Crippen molar-refractivity contribution in [1.82, 2.24) is 0 Å². The van der Waals surface area contributed by atoms with Crippen LogP contribution < -0.4 is 31.0 Å². The Balaban J connectivity index is 0.00000264. The minimum Gasteiger partial charge on any atom is -1.00 e. The maximum absolute atomic E-state index is 12.4. The van der Waals surface area contributed by atoms with Gasteiger partial charge in [0.05, 0.1) is 19.8 Å². The third-order valence-electron chi connectivity index (χ3n) is 3.14. The Morgan fingerprint density at radius 1 is 1.17 bits per heavy atom. The molecule has 0 saturated heterocycles. The van der Waals surface area contributed by atoms with Crippen LogP contribution in [0.1, 0.15) is 20.7 Å². The molecule has 0 unspecified atom stereocenters. The quantitative estimate of drug-likeness (QED) is 0.490. The summed E-state index contributed by atoms with van der Waals surface area (Å²) in [5, 5.41) is 8.97. The molecule has 6 nitrogen and oxygen atoms in total. The highest BCUT2D eigenvalue weighted by atomic mass is 79.9. The molecule has 0 atom stereocenters. The Morgan fingerprint density at radius 2 is 1.91 bits per heavy atom. The van der Waals surface area contributed by atoms with E-state index in [1.165, 1.54) is 31.0 Å². The average molecular weight is 382 g/mol. The van der Waals surface area contributed by atoms with E-state index in [4.69, 9.17) is 14.6 Å². The summed E-state index contributed by atoms with van der Waals surface area (Å²) in [4.78, 5) is 23.3. The number of ether oxygens (including phenoxy) is 2. The maximum atomic E-state index is 12.4. The van der Waals surface area contributed by atoms with Crippen molar-refractivity contribution in [3.8, 4) is 11.5 Å². The molecule has 2 rings (SSSR count). The molecule has 2 aromatic rings. The largest absolute Gasteiger partial charge is 1.00 e. The molecular formula is C16H16BrNO5. The van der Waals surface area contributed by atoms with Crippen LogP contribution in [0.3, 0.4) is 0 Å². The molecule has 0 aliphatic carbocycles. The van der Waals surface area contributed by atoms with Gasteiger partial charge in [-0.25, -0.2) is 4.79 Å². The SMILES string of the molecule is COc1ccc(C(=O)C[n+]2cccc(C(=O)O)c2)c(OC)c1.[Br-]. The molecule has 1 heterocycles. The van der Waals surface area contributed by atoms with E-state index < -0.39 is 5.97 Å². The lowest BCUT2D eigenvalue weighted by atomic mass is 10.1. The van der Waals surface area contributed by atoms with Gasteiger partial charge in [-0.3, -0.25) is 4.79 Å². The predicted octanol–water partition coefficient (Wildman–Crippen LogP) is -1.42. The number of rotatable bonds is 6. The Hall–Kier alpha value is -2.41. The van der Waals surface area contributed by atoms with E-state index in [-0.39, 0.29) is 34.9 Å². The van der Waals surface area contributed by atoms with Gasteiger partial charge in [0, 0.05) is 12.1 Å². The van der Waals surface area contributed by atoms with E-state index in [0.29, 0.717) is 17.1 Å². The molecule has 0 fully saturated rings. The van der Waals surface area contributed by atoms with E-state index in [2.05, 4.69) is 0 Å². The molecule has 0 aliphatic rings. The summed E-state index contributed by atoms with van der Waals surface area (Å²) in [5.41, 5.74) is 0.536. The number of aromatic nitrogens is 1. The number of nitrogens with zero attached hydrogens (tertiary/aromatic N) is 1. The molecule has 0 amide bonds. The first-order chi connectivity index (χ1) is 10.5. The van der Waals surface area contributed by atoms with Crippen LogP contribution in [-0.4, -0.2) is 31.1 Å². The average Bonchev–Trinajstić information content (AvgIpc) is 2.54. The van der Waals surface area contributed by atoms with Crippen LogP contribution >= 0.6 is 0 Å². The first-order valence-electron chi connectivity index (χ1n) is 6.52. The molecule has 23 heavy (non-hydrogen) atoms. The van der Waals surface area contributed by atoms with Crippen LogP contribution in [0, 0.1) is 0 Å². The monoisotopic (exact) mass is 381 g/mol. The highest BCUT2D eigenvalue weighted by molar-refractivity contribution is 5.98. The fraction of sp³-hybridized carbons (Fsp3) is 0.188. The van der Waals surface area contributed by atoms with Crippen molar-refractivity contribution in [2.24, 2.45) is 0 Å². The van der Waals surface area contributed by atoms with Gasteiger partial charge in [-0.05, 0) is 18.2 Å². The summed E-state index contributed by atoms with van der Waals surface area (Å²) < 4.78 is 11.8. The second-order valence-corrected chi connectivity index (χ2v) is 4.56. The van der Waals surface area contributed by atoms with Crippen molar-refractivity contribution in [3.63, 3.8) is 0 Å². The molecule has 0 spiro atoms. The fourth-order valence-corrected chi connectivity index (χ4v) is 2.03. The molecule has 122 valence electrons. The summed E-state index contributed by atoms with van der Waals surface area (Å²) >= 11 is 0. The van der Waals surface area contributed by atoms with Gasteiger partial charge in [0.1, 0.15) is 17.1 Å². The van der Waals surface area contributed by atoms with Gasteiger partial charge in [0.25, 0.3) is 0 Å². The van der Waals surface area contributed by atoms with Crippen molar-refractivity contribution >= 4 is 11.8 Å². The van der Waals surface area contributed by atoms with Crippen molar-refractivity contribution in [2.75, 3.05) is 14.2 Å². The molecule has 1 aromatic carbocycles. The number of methoxy groups -OCH3 is 2. The topological polar surface area (TPSA) is 76.7 Å². The Morgan fingerprint density at radius 3 is 2.52 bits per heavy atom. The summed E-state index contributed by atoms with van der Waals surface area (Å²) in [6.07, 6.45) is 3.05. The molecule has 0 aliphatic heterocycles. The molecule has 0 bridgehead atoms. The predicted molar refractivity (Wildman–Crippen MR) is 77.5 cm³/mol. The third kappa shape index (κ3) is 4.53. The molecule has 1 aromatic heterocycles. The van der Waals surface area contributed by atoms with Gasteiger partial charge in [0.15, 0.2) is 12.4 Å². The molecule has 7 heteroatoms. The van der Waals surface area contributed by atoms with E-state index in [1.54, 1.807) is 30.5 Å². The van der Waals surface area contributed by atoms with Crippen LogP contribution in [0.25, 0.3) is 0 Å². The van der Waals surface area contributed by atoms with Crippen molar-refractivity contribution in [1.29, 1.82) is 0 Å². The van der Waals surface area contributed by atoms with Crippen LogP contribution in [0.2, 0.25) is 0 Å². The van der Waals surface area contributed by atoms with Gasteiger partial charge in [0.2, 0.25) is 12.3 Å². The summed E-state index contributed by atoms with van der Waals surface area (Å²) in [5.74, 6) is -0.218. The fourth-order valence-electron chi connectivity index (χ4n) is 2.03. The number of carbonyl (C=O) groups excluding carboxylic acids is 1. The number of carboxylic acid groups (broad SMARTS) is 1. The Labute approximate surface area is 144 Å². The highest BCUT2D eigenvalue weighted by Crippen LogP contribution is 2.24. The molecule has 0 radical (unpaired) electrons. The van der Waals surface area contributed by atoms with Gasteiger partial charge >= 0.3 is 5.97 Å². The minimum atomic E-state index is -1.04. The normalized spacial score (nSPS) is 9.65. The molecule has 1 N–H and O–H groups in total. The lowest BCUT2D eigenvalue weighted by Crippen LogP contribution is -3.00. The first kappa shape index (κ1) is 18.6. The number of Topliss-reactive ketones (excluding diaryl/α,β-unsaturated/α-hetero) is 1. The smallest absolute Gasteiger partial charge is 0.341 e. The number of carboxylic acids is 1. The number of carbonyl (C=O) groups is 2. The summed E-state index contributed by atoms with van der Waals surface area (Å²) in [6, 6.07) is 7.99. The number of halogens is 1. The van der Waals surface area contributed by atoms with Crippen LogP contribution in [0.4, 0.5) is 0 Å². The van der Waals surface area contributed by atoms with Gasteiger partial charge in [-0.1, -0.05) is 0 Å². The van der Waals surface area contributed by atoms with Gasteiger partial charge < -0.3 is 31.6 Å². The standard InChI is InChI=1S/C16H15NO5.BrH/c1-21-12-5-6-13(15(8-12)22-2)14(18)10-17-7-3-4-11(9-17)16(19)20;/h3-9H,10H2,1-2H3;1H. The van der Waals surface area contributed by atoms with Crippen LogP contribution in [-0.2, 0) is 6.54 Å². The number of aromatic carboxylic acids is 1. The van der Waals surface area contributed by atoms with Crippen LogP contribution in [0.5, 0.6) is 11.5 Å². The summed E-state index contributed by atoms with van der Waals surface area (Å²) in [7, 11) is 3.01. The number of benzene rings is 1. The van der Waals surface area contributed by atoms with E-state index in [9.17, 15) is 9.59 Å². The zero-order chi connectivity index (χ0) is 16.1. The number of hydrogen-bond acceptors (Lipinski definition) is 4. The first-order valence-corrected chi connectivity index (χ1v) is 6.52. The second-order valence-electron chi connectivity index (χ2n) is 4.56. The summed E-state index contributed by atoms with van der Waals surface area (Å²) in [6.45, 7) is 0.0177. The Bertz CT molecular complexity index is 717. The lowest BCUT2D eigenvalue weighted by molar-refractivity contribution is -0.683. The van der Waals surface area contributed by atoms with Crippen molar-refractivity contribution in [2.45, 2.75) is 6.54 Å². The minimum absolute atomic E-state index is 0. The van der Waals surface area contributed by atoms with Gasteiger partial charge in [-0.15, -0.1) is 0 Å². The maximum Gasteiger partial charge on any atom is 0.341 e. The zero-order valence-corrected chi connectivity index (χ0v) is 14.2. The highest BCUT2D eigenvalue weighted by Gasteiger charge is 2.18. The molecule has 0 saturated carbocycles. The second kappa shape index (κ2) is 8.28. The number of ketones is 1. The lowest BCUT2D eigenvalue weighted by Gasteiger charge is -2.08. The Kier molecular flexibility index (Phi) is 6.71. The third-order valence-corrected chi connectivity index (χ3v) is 3.14. The van der Waals surface area contributed by atoms with Crippen LogP contribution in [0.15, 0.2) is 42.7 Å². The van der Waals surface area contributed by atoms with E-state index in [1.807, 2.05) is 0 Å². The van der Waals surface area contributed by atoms with E-state index >= 15 is 0 Å². The molecular weight excluding hydrogens is 366 g/mol. The van der Waals surface area contributed by atoms with Crippen molar-refractivity contribution in [3.05, 3.63) is 53.9 Å². The zero-order valence-electron chi connectivity index (χ0n) is 12.7. The number of pyridine rings is 1. The van der Waals surface area contributed by atoms with Crippen molar-refractivity contribution < 1.29 is 45.7 Å². The van der Waals surface area contributed by atoms with Gasteiger partial charge in [-0.2, -0.15) is 4.57 Å².